The van der Waals surface area contributed by atoms with Gasteiger partial charge in [0, 0.05) is 12.1 Å². The van der Waals surface area contributed by atoms with E-state index in [0.717, 1.165) is 12.1 Å². The summed E-state index contributed by atoms with van der Waals surface area (Å²) in [5, 5.41) is 3.11. The van der Waals surface area contributed by atoms with Gasteiger partial charge in [-0.15, -0.1) is 0 Å². The van der Waals surface area contributed by atoms with E-state index >= 15 is 0 Å². The van der Waals surface area contributed by atoms with Gasteiger partial charge in [0.25, 0.3) is 5.91 Å². The van der Waals surface area contributed by atoms with Gasteiger partial charge in [-0.05, 0) is 48.6 Å². The van der Waals surface area contributed by atoms with Crippen molar-refractivity contribution < 1.29 is 27.1 Å². The second-order valence-corrected chi connectivity index (χ2v) is 6.51. The van der Waals surface area contributed by atoms with Crippen LogP contribution in [0.5, 0.6) is 5.75 Å². The Hall–Kier alpha value is -3.46. The molecule has 1 aromatic carbocycles. The second-order valence-electron chi connectivity index (χ2n) is 6.13. The van der Waals surface area contributed by atoms with Gasteiger partial charge in [-0.2, -0.15) is 0 Å². The van der Waals surface area contributed by atoms with Crippen molar-refractivity contribution in [2.75, 3.05) is 0 Å². The minimum atomic E-state index is -0.801. The Morgan fingerprint density at radius 2 is 2.03 bits per heavy atom. The van der Waals surface area contributed by atoms with Crippen LogP contribution in [0.4, 0.5) is 8.78 Å². The first-order valence-electron chi connectivity index (χ1n) is 8.53. The number of thiocarbonyl (C=S) groups is 1. The summed E-state index contributed by atoms with van der Waals surface area (Å²) < 4.78 is 42.7. The maximum absolute atomic E-state index is 13.6. The Morgan fingerprint density at radius 1 is 1.17 bits per heavy atom. The molecule has 0 unspecified atom stereocenters. The Labute approximate surface area is 169 Å². The zero-order valence-corrected chi connectivity index (χ0v) is 15.7. The first-order valence-corrected chi connectivity index (χ1v) is 8.94. The fourth-order valence-electron chi connectivity index (χ4n) is 2.71. The summed E-state index contributed by atoms with van der Waals surface area (Å²) in [5.74, 6) is -0.487. The van der Waals surface area contributed by atoms with Crippen molar-refractivity contribution in [2.24, 2.45) is 0 Å². The molecule has 0 spiro atoms. The summed E-state index contributed by atoms with van der Waals surface area (Å²) in [6, 6.07) is 9.79. The van der Waals surface area contributed by atoms with Crippen LogP contribution in [0.2, 0.25) is 0 Å². The number of ether oxygens (including phenoxy) is 1. The lowest BCUT2D eigenvalue weighted by molar-refractivity contribution is -0.122. The number of hydrogen-bond acceptors (Lipinski definition) is 5. The molecular weight excluding hydrogens is 402 g/mol. The van der Waals surface area contributed by atoms with E-state index in [4.69, 9.17) is 25.8 Å². The van der Waals surface area contributed by atoms with Gasteiger partial charge in [0.1, 0.15) is 35.4 Å². The van der Waals surface area contributed by atoms with Gasteiger partial charge in [0.15, 0.2) is 16.7 Å². The largest absolute Gasteiger partial charge is 0.483 e. The molecular formula is C20H14F2N2O4S. The summed E-state index contributed by atoms with van der Waals surface area (Å²) in [7, 11) is 0. The number of hydrogen-bond donors (Lipinski definition) is 1. The average Bonchev–Trinajstić information content (AvgIpc) is 3.40. The van der Waals surface area contributed by atoms with Gasteiger partial charge < -0.3 is 18.9 Å². The van der Waals surface area contributed by atoms with Crippen LogP contribution in [0.1, 0.15) is 17.3 Å². The predicted octanol–water partition coefficient (Wildman–Crippen LogP) is 3.99. The van der Waals surface area contributed by atoms with E-state index in [0.29, 0.717) is 17.3 Å². The SMILES string of the molecule is O=C1/C(=C\c2ccc(COc3ccc(F)cc3F)o2)NC(=S)N1Cc1ccco1. The highest BCUT2D eigenvalue weighted by Crippen LogP contribution is 2.21. The third-order valence-electron chi connectivity index (χ3n) is 4.09. The molecule has 1 aliphatic heterocycles. The van der Waals surface area contributed by atoms with Crippen molar-refractivity contribution >= 4 is 29.3 Å². The van der Waals surface area contributed by atoms with E-state index in [2.05, 4.69) is 5.32 Å². The number of amides is 1. The highest BCUT2D eigenvalue weighted by Gasteiger charge is 2.31. The molecule has 3 aromatic rings. The maximum Gasteiger partial charge on any atom is 0.277 e. The van der Waals surface area contributed by atoms with Crippen molar-refractivity contribution in [2.45, 2.75) is 13.2 Å². The number of nitrogens with one attached hydrogen (secondary N) is 1. The molecule has 1 aliphatic rings. The van der Waals surface area contributed by atoms with Crippen LogP contribution in [0, 0.1) is 11.6 Å². The molecule has 0 aliphatic carbocycles. The zero-order valence-electron chi connectivity index (χ0n) is 14.9. The van der Waals surface area contributed by atoms with Crippen LogP contribution < -0.4 is 10.1 Å². The summed E-state index contributed by atoms with van der Waals surface area (Å²) in [4.78, 5) is 13.9. The van der Waals surface area contributed by atoms with Crippen molar-refractivity contribution in [3.63, 3.8) is 0 Å². The summed E-state index contributed by atoms with van der Waals surface area (Å²) >= 11 is 5.20. The summed E-state index contributed by atoms with van der Waals surface area (Å²) in [5.41, 5.74) is 0.257. The third kappa shape index (κ3) is 4.19. The Bertz CT molecular complexity index is 1090. The average molecular weight is 416 g/mol. The lowest BCUT2D eigenvalue weighted by atomic mass is 10.3. The fourth-order valence-corrected chi connectivity index (χ4v) is 2.96. The predicted molar refractivity (Wildman–Crippen MR) is 102 cm³/mol. The smallest absolute Gasteiger partial charge is 0.277 e. The van der Waals surface area contributed by atoms with E-state index in [1.54, 1.807) is 24.3 Å². The van der Waals surface area contributed by atoms with Crippen LogP contribution in [-0.4, -0.2) is 15.9 Å². The first kappa shape index (κ1) is 18.9. The molecule has 1 saturated heterocycles. The lowest BCUT2D eigenvalue weighted by Gasteiger charge is -2.11. The topological polar surface area (TPSA) is 67.8 Å². The lowest BCUT2D eigenvalue weighted by Crippen LogP contribution is -2.29. The van der Waals surface area contributed by atoms with Crippen LogP contribution in [0.15, 0.2) is 63.3 Å². The number of furan rings is 2. The van der Waals surface area contributed by atoms with Gasteiger partial charge in [0.2, 0.25) is 0 Å². The van der Waals surface area contributed by atoms with Crippen LogP contribution in [0.25, 0.3) is 6.08 Å². The number of carbonyl (C=O) groups is 1. The molecule has 2 aromatic heterocycles. The maximum atomic E-state index is 13.6. The minimum Gasteiger partial charge on any atom is -0.483 e. The minimum absolute atomic E-state index is 0.0594. The van der Waals surface area contributed by atoms with E-state index < -0.39 is 11.6 Å². The highest BCUT2D eigenvalue weighted by molar-refractivity contribution is 7.80. The molecule has 0 radical (unpaired) electrons. The zero-order chi connectivity index (χ0) is 20.4. The van der Waals surface area contributed by atoms with Gasteiger partial charge in [0.05, 0.1) is 12.8 Å². The van der Waals surface area contributed by atoms with E-state index in [-0.39, 0.29) is 35.6 Å². The Kier molecular flexibility index (Phi) is 5.13. The second kappa shape index (κ2) is 7.88. The van der Waals surface area contributed by atoms with Gasteiger partial charge >= 0.3 is 0 Å². The summed E-state index contributed by atoms with van der Waals surface area (Å²) in [6.45, 7) is 0.158. The molecule has 1 fully saturated rings. The molecule has 0 saturated carbocycles. The van der Waals surface area contributed by atoms with Crippen LogP contribution >= 0.6 is 12.2 Å². The standard InChI is InChI=1S/C20H14F2N2O4S/c21-12-3-6-18(16(22)8-12)27-11-15-5-4-13(28-15)9-17-19(25)24(20(29)23-17)10-14-2-1-7-26-14/h1-9H,10-11H2,(H,23,29)/b17-9+. The van der Waals surface area contributed by atoms with Crippen LogP contribution in [0.3, 0.4) is 0 Å². The Morgan fingerprint density at radius 3 is 2.79 bits per heavy atom. The quantitative estimate of drug-likeness (QED) is 0.484. The molecule has 0 bridgehead atoms. The number of benzene rings is 1. The number of halogens is 2. The highest BCUT2D eigenvalue weighted by atomic mass is 32.1. The number of rotatable bonds is 6. The van der Waals surface area contributed by atoms with Crippen molar-refractivity contribution in [3.8, 4) is 5.75 Å². The van der Waals surface area contributed by atoms with Crippen molar-refractivity contribution in [1.29, 1.82) is 0 Å². The first-order chi connectivity index (χ1) is 14.0. The summed E-state index contributed by atoms with van der Waals surface area (Å²) in [6.07, 6.45) is 3.03. The molecule has 3 heterocycles. The molecule has 148 valence electrons. The van der Waals surface area contributed by atoms with Gasteiger partial charge in [-0.3, -0.25) is 9.69 Å². The van der Waals surface area contributed by atoms with E-state index in [9.17, 15) is 13.6 Å². The van der Waals surface area contributed by atoms with Gasteiger partial charge in [-0.25, -0.2) is 8.78 Å². The molecule has 4 rings (SSSR count). The fraction of sp³-hybridized carbons (Fsp3) is 0.100. The molecule has 1 N–H and O–H groups in total. The molecule has 29 heavy (non-hydrogen) atoms. The molecule has 1 amide bonds. The number of carbonyl (C=O) groups excluding carboxylic acids is 1. The normalized spacial score (nSPS) is 15.2. The van der Waals surface area contributed by atoms with E-state index in [1.807, 2.05) is 0 Å². The monoisotopic (exact) mass is 416 g/mol. The molecule has 9 heteroatoms. The molecule has 6 nitrogen and oxygen atoms in total. The molecule has 0 atom stereocenters. The van der Waals surface area contributed by atoms with E-state index in [1.165, 1.54) is 23.3 Å². The van der Waals surface area contributed by atoms with Crippen molar-refractivity contribution in [3.05, 3.63) is 83.3 Å². The Balaban J connectivity index is 1.42. The van der Waals surface area contributed by atoms with Crippen molar-refractivity contribution in [1.82, 2.24) is 10.2 Å². The third-order valence-corrected chi connectivity index (χ3v) is 4.41. The van der Waals surface area contributed by atoms with Crippen LogP contribution in [-0.2, 0) is 17.9 Å². The van der Waals surface area contributed by atoms with Gasteiger partial charge in [-0.1, -0.05) is 0 Å². The number of nitrogens with zero attached hydrogens (tertiary/aromatic N) is 1.